The second kappa shape index (κ2) is 7.09. The van der Waals surface area contributed by atoms with Gasteiger partial charge in [0.25, 0.3) is 0 Å². The third-order valence-electron chi connectivity index (χ3n) is 3.68. The molecule has 1 heterocycles. The number of aryl methyl sites for hydroxylation is 2. The van der Waals surface area contributed by atoms with Crippen LogP contribution in [0.5, 0.6) is 0 Å². The Bertz CT molecular complexity index is 705. The monoisotopic (exact) mass is 322 g/mol. The van der Waals surface area contributed by atoms with Gasteiger partial charge in [-0.15, -0.1) is 0 Å². The van der Waals surface area contributed by atoms with E-state index >= 15 is 0 Å². The van der Waals surface area contributed by atoms with Gasteiger partial charge in [-0.05, 0) is 42.7 Å². The molecule has 0 fully saturated rings. The van der Waals surface area contributed by atoms with Gasteiger partial charge < -0.3 is 9.67 Å². The summed E-state index contributed by atoms with van der Waals surface area (Å²) in [6.45, 7) is 2.21. The quantitative estimate of drug-likeness (QED) is 0.819. The second-order valence-electron chi connectivity index (χ2n) is 5.24. The maximum Gasteiger partial charge on any atom is 0.240 e. The predicted molar refractivity (Wildman–Crippen MR) is 86.0 cm³/mol. The van der Waals surface area contributed by atoms with E-state index in [4.69, 9.17) is 0 Å². The molecule has 0 aliphatic carbocycles. The van der Waals surface area contributed by atoms with Crippen LogP contribution in [0.3, 0.4) is 0 Å². The average Bonchev–Trinajstić information content (AvgIpc) is 2.93. The number of sulfonamides is 1. The van der Waals surface area contributed by atoms with Crippen LogP contribution < -0.4 is 4.72 Å². The number of benzene rings is 1. The lowest BCUT2D eigenvalue weighted by atomic mass is 10.2. The van der Waals surface area contributed by atoms with Gasteiger partial charge in [0, 0.05) is 25.5 Å². The van der Waals surface area contributed by atoms with E-state index in [2.05, 4.69) is 4.72 Å². The Morgan fingerprint density at radius 3 is 2.45 bits per heavy atom. The highest BCUT2D eigenvalue weighted by molar-refractivity contribution is 7.89. The van der Waals surface area contributed by atoms with Gasteiger partial charge in [0.1, 0.15) is 0 Å². The minimum Gasteiger partial charge on any atom is -0.387 e. The molecule has 2 N–H and O–H groups in total. The van der Waals surface area contributed by atoms with Crippen molar-refractivity contribution in [2.75, 3.05) is 6.54 Å². The lowest BCUT2D eigenvalue weighted by molar-refractivity contribution is 0.161. The molecule has 1 unspecified atom stereocenters. The Hall–Kier alpha value is -1.63. The largest absolute Gasteiger partial charge is 0.387 e. The Morgan fingerprint density at radius 1 is 1.23 bits per heavy atom. The number of aromatic nitrogens is 1. The van der Waals surface area contributed by atoms with Gasteiger partial charge in [0.15, 0.2) is 0 Å². The van der Waals surface area contributed by atoms with Crippen LogP contribution in [0.25, 0.3) is 0 Å². The van der Waals surface area contributed by atoms with Crippen molar-refractivity contribution in [2.45, 2.75) is 30.8 Å². The first kappa shape index (κ1) is 16.7. The van der Waals surface area contributed by atoms with Crippen LogP contribution in [0, 0.1) is 0 Å². The summed E-state index contributed by atoms with van der Waals surface area (Å²) in [4.78, 5) is 0.248. The SMILES string of the molecule is CCc1ccc(S(=O)(=O)NCCC(O)c2cccn2C)cc1. The number of rotatable bonds is 7. The molecule has 0 saturated carbocycles. The normalized spacial score (nSPS) is 13.2. The molecule has 1 aromatic heterocycles. The molecular formula is C16H22N2O3S. The first-order chi connectivity index (χ1) is 10.4. The molecule has 1 atom stereocenters. The van der Waals surface area contributed by atoms with E-state index in [0.29, 0.717) is 6.42 Å². The second-order valence-corrected chi connectivity index (χ2v) is 7.01. The molecular weight excluding hydrogens is 300 g/mol. The summed E-state index contributed by atoms with van der Waals surface area (Å²) in [5, 5.41) is 10.1. The zero-order chi connectivity index (χ0) is 16.2. The number of aliphatic hydroxyl groups excluding tert-OH is 1. The van der Waals surface area contributed by atoms with Crippen molar-refractivity contribution in [3.63, 3.8) is 0 Å². The van der Waals surface area contributed by atoms with Gasteiger partial charge in [-0.1, -0.05) is 19.1 Å². The molecule has 0 aliphatic rings. The lowest BCUT2D eigenvalue weighted by Crippen LogP contribution is -2.26. The van der Waals surface area contributed by atoms with Crippen LogP contribution in [0.15, 0.2) is 47.5 Å². The van der Waals surface area contributed by atoms with Crippen molar-refractivity contribution >= 4 is 10.0 Å². The van der Waals surface area contributed by atoms with E-state index in [0.717, 1.165) is 17.7 Å². The van der Waals surface area contributed by atoms with E-state index in [1.54, 1.807) is 12.1 Å². The predicted octanol–water partition coefficient (Wildman–Crippen LogP) is 1.99. The maximum absolute atomic E-state index is 12.2. The zero-order valence-corrected chi connectivity index (χ0v) is 13.7. The Morgan fingerprint density at radius 2 is 1.91 bits per heavy atom. The molecule has 0 bridgehead atoms. The van der Waals surface area contributed by atoms with Crippen LogP contribution in [0.1, 0.15) is 30.7 Å². The summed E-state index contributed by atoms with van der Waals surface area (Å²) in [6.07, 6.45) is 2.35. The van der Waals surface area contributed by atoms with Gasteiger partial charge >= 0.3 is 0 Å². The van der Waals surface area contributed by atoms with E-state index in [1.165, 1.54) is 0 Å². The van der Waals surface area contributed by atoms with Crippen LogP contribution in [0.2, 0.25) is 0 Å². The van der Waals surface area contributed by atoms with Crippen molar-refractivity contribution in [3.05, 3.63) is 53.9 Å². The Balaban J connectivity index is 1.93. The van der Waals surface area contributed by atoms with Crippen LogP contribution >= 0.6 is 0 Å². The summed E-state index contributed by atoms with van der Waals surface area (Å²) >= 11 is 0. The minimum absolute atomic E-state index is 0.185. The Labute approximate surface area is 131 Å². The number of aliphatic hydroxyl groups is 1. The van der Waals surface area contributed by atoms with Gasteiger partial charge in [-0.2, -0.15) is 0 Å². The average molecular weight is 322 g/mol. The molecule has 0 radical (unpaired) electrons. The topological polar surface area (TPSA) is 71.3 Å². The molecule has 2 aromatic rings. The summed E-state index contributed by atoms with van der Waals surface area (Å²) < 4.78 is 28.7. The van der Waals surface area contributed by atoms with Crippen molar-refractivity contribution in [1.82, 2.24) is 9.29 Å². The fourth-order valence-corrected chi connectivity index (χ4v) is 3.33. The number of hydrogen-bond acceptors (Lipinski definition) is 3. The van der Waals surface area contributed by atoms with Gasteiger partial charge in [-0.3, -0.25) is 0 Å². The smallest absolute Gasteiger partial charge is 0.240 e. The molecule has 1 aromatic carbocycles. The maximum atomic E-state index is 12.2. The van der Waals surface area contributed by atoms with Crippen molar-refractivity contribution < 1.29 is 13.5 Å². The summed E-state index contributed by atoms with van der Waals surface area (Å²) in [5.41, 5.74) is 1.87. The standard InChI is InChI=1S/C16H22N2O3S/c1-3-13-6-8-14(9-7-13)22(20,21)17-11-10-16(19)15-5-4-12-18(15)2/h4-9,12,16-17,19H,3,10-11H2,1-2H3. The number of hydrogen-bond donors (Lipinski definition) is 2. The fraction of sp³-hybridized carbons (Fsp3) is 0.375. The number of nitrogens with zero attached hydrogens (tertiary/aromatic N) is 1. The third kappa shape index (κ3) is 3.97. The van der Waals surface area contributed by atoms with Crippen molar-refractivity contribution in [2.24, 2.45) is 7.05 Å². The molecule has 0 aliphatic heterocycles. The van der Waals surface area contributed by atoms with Crippen LogP contribution in [0.4, 0.5) is 0 Å². The fourth-order valence-electron chi connectivity index (χ4n) is 2.29. The molecule has 5 nitrogen and oxygen atoms in total. The molecule has 0 spiro atoms. The number of nitrogens with one attached hydrogen (secondary N) is 1. The molecule has 120 valence electrons. The molecule has 22 heavy (non-hydrogen) atoms. The highest BCUT2D eigenvalue weighted by Gasteiger charge is 2.15. The summed E-state index contributed by atoms with van der Waals surface area (Å²) in [7, 11) is -1.68. The van der Waals surface area contributed by atoms with E-state index in [9.17, 15) is 13.5 Å². The van der Waals surface area contributed by atoms with E-state index in [1.807, 2.05) is 49.0 Å². The highest BCUT2D eigenvalue weighted by Crippen LogP contribution is 2.16. The van der Waals surface area contributed by atoms with Crippen LogP contribution in [-0.4, -0.2) is 24.6 Å². The molecule has 6 heteroatoms. The van der Waals surface area contributed by atoms with Crippen molar-refractivity contribution in [3.8, 4) is 0 Å². The molecule has 0 amide bonds. The summed E-state index contributed by atoms with van der Waals surface area (Å²) in [5.74, 6) is 0. The van der Waals surface area contributed by atoms with Gasteiger partial charge in [0.05, 0.1) is 11.0 Å². The Kier molecular flexibility index (Phi) is 5.39. The van der Waals surface area contributed by atoms with E-state index in [-0.39, 0.29) is 11.4 Å². The first-order valence-electron chi connectivity index (χ1n) is 7.32. The van der Waals surface area contributed by atoms with Crippen LogP contribution in [-0.2, 0) is 23.5 Å². The highest BCUT2D eigenvalue weighted by atomic mass is 32.2. The third-order valence-corrected chi connectivity index (χ3v) is 5.15. The zero-order valence-electron chi connectivity index (χ0n) is 12.9. The first-order valence-corrected chi connectivity index (χ1v) is 8.80. The minimum atomic E-state index is -3.53. The van der Waals surface area contributed by atoms with Crippen molar-refractivity contribution in [1.29, 1.82) is 0 Å². The van der Waals surface area contributed by atoms with Gasteiger partial charge in [-0.25, -0.2) is 13.1 Å². The lowest BCUT2D eigenvalue weighted by Gasteiger charge is -2.13. The van der Waals surface area contributed by atoms with E-state index < -0.39 is 16.1 Å². The summed E-state index contributed by atoms with van der Waals surface area (Å²) in [6, 6.07) is 10.5. The molecule has 0 saturated heterocycles. The van der Waals surface area contributed by atoms with Gasteiger partial charge in [0.2, 0.25) is 10.0 Å². The molecule has 2 rings (SSSR count).